The number of hydrogen-bond donors (Lipinski definition) is 3. The molecule has 2 amide bonds. The Labute approximate surface area is 141 Å². The van der Waals surface area contributed by atoms with Crippen molar-refractivity contribution in [1.82, 2.24) is 21.1 Å². The molecule has 0 spiro atoms. The van der Waals surface area contributed by atoms with Crippen molar-refractivity contribution in [2.24, 2.45) is 5.92 Å². The predicted octanol–water partition coefficient (Wildman–Crippen LogP) is -1.04. The third kappa shape index (κ3) is 4.31. The summed E-state index contributed by atoms with van der Waals surface area (Å²) in [7, 11) is 0. The third-order valence-electron chi connectivity index (χ3n) is 5.13. The lowest BCUT2D eigenvalue weighted by Crippen LogP contribution is -2.52. The number of rotatable bonds is 5. The first kappa shape index (κ1) is 17.3. The van der Waals surface area contributed by atoms with E-state index >= 15 is 0 Å². The van der Waals surface area contributed by atoms with Crippen molar-refractivity contribution in [3.8, 4) is 0 Å². The van der Waals surface area contributed by atoms with E-state index in [9.17, 15) is 14.4 Å². The monoisotopic (exact) mass is 338 g/mol. The molecule has 3 fully saturated rings. The maximum absolute atomic E-state index is 12.2. The summed E-state index contributed by atoms with van der Waals surface area (Å²) in [6.45, 7) is 1.91. The van der Waals surface area contributed by atoms with Gasteiger partial charge in [-0.15, -0.1) is 0 Å². The van der Waals surface area contributed by atoms with E-state index in [0.29, 0.717) is 38.3 Å². The van der Waals surface area contributed by atoms with Crippen molar-refractivity contribution >= 4 is 17.6 Å². The number of morpholine rings is 1. The van der Waals surface area contributed by atoms with Gasteiger partial charge in [0.05, 0.1) is 25.8 Å². The number of carbonyl (C=O) groups is 3. The van der Waals surface area contributed by atoms with E-state index in [1.54, 1.807) is 5.01 Å². The van der Waals surface area contributed by atoms with Crippen molar-refractivity contribution < 1.29 is 19.1 Å². The van der Waals surface area contributed by atoms with Crippen molar-refractivity contribution in [2.75, 3.05) is 32.8 Å². The van der Waals surface area contributed by atoms with E-state index in [0.717, 1.165) is 12.8 Å². The standard InChI is InChI=1S/C16H26N4O4/c21-14(16(23)19-20-5-7-24-8-6-20)10-17-15(22)13-9-11-3-1-2-4-12(11)18-13/h11-13,18H,1-10H2,(H,17,22)(H,19,23)/t11-,12-,13-/m0/s1. The first-order chi connectivity index (χ1) is 11.6. The van der Waals surface area contributed by atoms with Crippen molar-refractivity contribution in [3.05, 3.63) is 0 Å². The Morgan fingerprint density at radius 2 is 1.88 bits per heavy atom. The Balaban J connectivity index is 1.39. The second-order valence-electron chi connectivity index (χ2n) is 6.79. The summed E-state index contributed by atoms with van der Waals surface area (Å²) in [5, 5.41) is 7.62. The summed E-state index contributed by atoms with van der Waals surface area (Å²) >= 11 is 0. The second-order valence-corrected chi connectivity index (χ2v) is 6.79. The van der Waals surface area contributed by atoms with E-state index < -0.39 is 11.7 Å². The molecule has 8 heteroatoms. The molecule has 2 aliphatic heterocycles. The van der Waals surface area contributed by atoms with E-state index in [4.69, 9.17) is 4.74 Å². The highest BCUT2D eigenvalue weighted by Gasteiger charge is 2.38. The second kappa shape index (κ2) is 8.04. The van der Waals surface area contributed by atoms with Crippen LogP contribution in [0.1, 0.15) is 32.1 Å². The fraction of sp³-hybridized carbons (Fsp3) is 0.812. The van der Waals surface area contributed by atoms with Crippen molar-refractivity contribution in [2.45, 2.75) is 44.2 Å². The molecule has 3 rings (SSSR count). The van der Waals surface area contributed by atoms with E-state index in [2.05, 4.69) is 16.1 Å². The molecule has 1 saturated carbocycles. The maximum atomic E-state index is 12.2. The van der Waals surface area contributed by atoms with Crippen LogP contribution in [0.4, 0.5) is 0 Å². The van der Waals surface area contributed by atoms with Gasteiger partial charge in [0.2, 0.25) is 11.7 Å². The van der Waals surface area contributed by atoms with Crippen LogP contribution in [0.2, 0.25) is 0 Å². The van der Waals surface area contributed by atoms with Gasteiger partial charge in [-0.2, -0.15) is 0 Å². The molecular weight excluding hydrogens is 312 g/mol. The molecule has 2 heterocycles. The zero-order valence-electron chi connectivity index (χ0n) is 13.9. The highest BCUT2D eigenvalue weighted by atomic mass is 16.5. The number of Topliss-reactive ketones (excluding diaryl/α,β-unsaturated/α-hetero) is 1. The molecular formula is C16H26N4O4. The van der Waals surface area contributed by atoms with Crippen molar-refractivity contribution in [1.29, 1.82) is 0 Å². The van der Waals surface area contributed by atoms with Crippen LogP contribution in [0.25, 0.3) is 0 Å². The number of nitrogens with one attached hydrogen (secondary N) is 3. The number of nitrogens with zero attached hydrogens (tertiary/aromatic N) is 1. The van der Waals surface area contributed by atoms with Crippen LogP contribution in [-0.4, -0.2) is 67.5 Å². The maximum Gasteiger partial charge on any atom is 0.303 e. The van der Waals surface area contributed by atoms with Gasteiger partial charge < -0.3 is 15.4 Å². The molecule has 1 aliphatic carbocycles. The van der Waals surface area contributed by atoms with Gasteiger partial charge in [-0.05, 0) is 25.2 Å². The Hall–Kier alpha value is -1.51. The number of hydrazine groups is 1. The lowest BCUT2D eigenvalue weighted by molar-refractivity contribution is -0.142. The Morgan fingerprint density at radius 3 is 2.62 bits per heavy atom. The molecule has 24 heavy (non-hydrogen) atoms. The van der Waals surface area contributed by atoms with Gasteiger partial charge in [0.25, 0.3) is 0 Å². The Morgan fingerprint density at radius 1 is 1.12 bits per heavy atom. The van der Waals surface area contributed by atoms with Crippen LogP contribution in [0, 0.1) is 5.92 Å². The van der Waals surface area contributed by atoms with Crippen LogP contribution >= 0.6 is 0 Å². The van der Waals surface area contributed by atoms with Gasteiger partial charge in [0.15, 0.2) is 0 Å². The van der Waals surface area contributed by atoms with Gasteiger partial charge in [-0.3, -0.25) is 19.8 Å². The molecule has 0 bridgehead atoms. The van der Waals surface area contributed by atoms with Gasteiger partial charge >= 0.3 is 5.91 Å². The molecule has 2 saturated heterocycles. The average molecular weight is 338 g/mol. The average Bonchev–Trinajstić information content (AvgIpc) is 3.04. The topological polar surface area (TPSA) is 99.8 Å². The summed E-state index contributed by atoms with van der Waals surface area (Å²) < 4.78 is 5.18. The fourth-order valence-electron chi connectivity index (χ4n) is 3.77. The molecule has 0 radical (unpaired) electrons. The summed E-state index contributed by atoms with van der Waals surface area (Å²) in [6.07, 6.45) is 5.56. The number of amides is 2. The van der Waals surface area contributed by atoms with Crippen LogP contribution in [0.15, 0.2) is 0 Å². The molecule has 8 nitrogen and oxygen atoms in total. The van der Waals surface area contributed by atoms with Crippen molar-refractivity contribution in [3.63, 3.8) is 0 Å². The van der Waals surface area contributed by atoms with Gasteiger partial charge in [-0.25, -0.2) is 5.01 Å². The first-order valence-corrected chi connectivity index (χ1v) is 8.84. The molecule has 3 atom stereocenters. The van der Waals surface area contributed by atoms with Gasteiger partial charge in [-0.1, -0.05) is 12.8 Å². The summed E-state index contributed by atoms with van der Waals surface area (Å²) in [5.41, 5.74) is 2.55. The van der Waals surface area contributed by atoms with Gasteiger partial charge in [0.1, 0.15) is 0 Å². The molecule has 3 aliphatic rings. The number of fused-ring (bicyclic) bond motifs is 1. The normalized spacial score (nSPS) is 30.4. The van der Waals surface area contributed by atoms with E-state index in [1.807, 2.05) is 0 Å². The number of ketones is 1. The molecule has 0 unspecified atom stereocenters. The lowest BCUT2D eigenvalue weighted by atomic mass is 9.85. The number of ether oxygens (including phenoxy) is 1. The lowest BCUT2D eigenvalue weighted by Gasteiger charge is -2.26. The van der Waals surface area contributed by atoms with Crippen LogP contribution in [0.3, 0.4) is 0 Å². The quantitative estimate of drug-likeness (QED) is 0.554. The minimum absolute atomic E-state index is 0.183. The minimum Gasteiger partial charge on any atom is -0.379 e. The predicted molar refractivity (Wildman–Crippen MR) is 85.8 cm³/mol. The smallest absolute Gasteiger partial charge is 0.303 e. The fourth-order valence-corrected chi connectivity index (χ4v) is 3.77. The number of hydrogen-bond acceptors (Lipinski definition) is 6. The summed E-state index contributed by atoms with van der Waals surface area (Å²) in [5.74, 6) is -0.942. The largest absolute Gasteiger partial charge is 0.379 e. The SMILES string of the molecule is O=C(CNC(=O)[C@@H]1C[C@@H]2CCCC[C@@H]2N1)C(=O)NN1CCOCC1. The zero-order chi connectivity index (χ0) is 16.9. The third-order valence-corrected chi connectivity index (χ3v) is 5.13. The molecule has 0 aromatic carbocycles. The number of carbonyl (C=O) groups excluding carboxylic acids is 3. The molecule has 3 N–H and O–H groups in total. The van der Waals surface area contributed by atoms with Crippen LogP contribution in [0.5, 0.6) is 0 Å². The Bertz CT molecular complexity index is 478. The molecule has 0 aromatic rings. The first-order valence-electron chi connectivity index (χ1n) is 8.84. The molecule has 0 aromatic heterocycles. The molecule has 134 valence electrons. The van der Waals surface area contributed by atoms with Gasteiger partial charge in [0, 0.05) is 19.1 Å². The zero-order valence-corrected chi connectivity index (χ0v) is 13.9. The summed E-state index contributed by atoms with van der Waals surface area (Å²) in [4.78, 5) is 35.9. The Kier molecular flexibility index (Phi) is 5.80. The highest BCUT2D eigenvalue weighted by Crippen LogP contribution is 2.33. The minimum atomic E-state index is -0.690. The highest BCUT2D eigenvalue weighted by molar-refractivity contribution is 6.37. The van der Waals surface area contributed by atoms with Crippen LogP contribution < -0.4 is 16.1 Å². The van der Waals surface area contributed by atoms with E-state index in [-0.39, 0.29) is 18.5 Å². The summed E-state index contributed by atoms with van der Waals surface area (Å²) in [6, 6.07) is 0.183. The van der Waals surface area contributed by atoms with E-state index in [1.165, 1.54) is 19.3 Å². The van der Waals surface area contributed by atoms with Crippen LogP contribution in [-0.2, 0) is 19.1 Å².